The van der Waals surface area contributed by atoms with E-state index in [-0.39, 0.29) is 0 Å². The predicted octanol–water partition coefficient (Wildman–Crippen LogP) is 4.63. The molecule has 0 fully saturated rings. The average Bonchev–Trinajstić information content (AvgIpc) is 2.51. The van der Waals surface area contributed by atoms with Gasteiger partial charge in [-0.2, -0.15) is 0 Å². The van der Waals surface area contributed by atoms with Crippen LogP contribution in [0.1, 0.15) is 41.5 Å². The van der Waals surface area contributed by atoms with Gasteiger partial charge in [-0.15, -0.1) is 0 Å². The number of hydrogen-bond acceptors (Lipinski definition) is 1. The SMILES string of the molecule is CCC(c1ccccc1)C(Cc1c(C)cccc1C)NC. The second-order valence-corrected chi connectivity index (χ2v) is 5.90. The normalized spacial score (nSPS) is 13.9. The number of likely N-dealkylation sites (N-methyl/N-ethyl adjacent to an activating group) is 1. The Bertz CT molecular complexity index is 539. The van der Waals surface area contributed by atoms with E-state index in [9.17, 15) is 0 Å². The summed E-state index contributed by atoms with van der Waals surface area (Å²) in [6, 6.07) is 17.9. The maximum atomic E-state index is 3.55. The van der Waals surface area contributed by atoms with E-state index in [1.807, 2.05) is 0 Å². The summed E-state index contributed by atoms with van der Waals surface area (Å²) >= 11 is 0. The molecule has 2 unspecified atom stereocenters. The highest BCUT2D eigenvalue weighted by atomic mass is 14.9. The van der Waals surface area contributed by atoms with E-state index in [0.717, 1.165) is 12.8 Å². The van der Waals surface area contributed by atoms with Crippen LogP contribution in [0.3, 0.4) is 0 Å². The number of aryl methyl sites for hydroxylation is 2. The fraction of sp³-hybridized carbons (Fsp3) is 0.400. The smallest absolute Gasteiger partial charge is 0.0173 e. The molecular formula is C20H27N. The van der Waals surface area contributed by atoms with Crippen LogP contribution < -0.4 is 5.32 Å². The first kappa shape index (κ1) is 15.8. The Balaban J connectivity index is 2.26. The summed E-state index contributed by atoms with van der Waals surface area (Å²) in [6.07, 6.45) is 2.24. The molecule has 1 nitrogen and oxygen atoms in total. The molecule has 2 aromatic carbocycles. The molecule has 0 saturated carbocycles. The number of hydrogen-bond donors (Lipinski definition) is 1. The van der Waals surface area contributed by atoms with Crippen molar-refractivity contribution in [3.8, 4) is 0 Å². The summed E-state index contributed by atoms with van der Waals surface area (Å²) in [5.74, 6) is 0.551. The predicted molar refractivity (Wildman–Crippen MR) is 91.9 cm³/mol. The van der Waals surface area contributed by atoms with E-state index >= 15 is 0 Å². The summed E-state index contributed by atoms with van der Waals surface area (Å²) in [4.78, 5) is 0. The Morgan fingerprint density at radius 1 is 0.905 bits per heavy atom. The molecule has 0 heterocycles. The minimum Gasteiger partial charge on any atom is -0.316 e. The van der Waals surface area contributed by atoms with Gasteiger partial charge < -0.3 is 5.32 Å². The minimum atomic E-state index is 0.470. The fourth-order valence-corrected chi connectivity index (χ4v) is 3.29. The molecule has 0 aromatic heterocycles. The van der Waals surface area contributed by atoms with Crippen LogP contribution in [0.25, 0.3) is 0 Å². The van der Waals surface area contributed by atoms with Crippen LogP contribution >= 0.6 is 0 Å². The van der Waals surface area contributed by atoms with Gasteiger partial charge in [-0.05, 0) is 61.9 Å². The first-order valence-corrected chi connectivity index (χ1v) is 7.94. The van der Waals surface area contributed by atoms with E-state index in [2.05, 4.69) is 81.7 Å². The molecule has 0 amide bonds. The van der Waals surface area contributed by atoms with Crippen molar-refractivity contribution in [2.75, 3.05) is 7.05 Å². The van der Waals surface area contributed by atoms with Crippen LogP contribution in [0.5, 0.6) is 0 Å². The largest absolute Gasteiger partial charge is 0.316 e. The lowest BCUT2D eigenvalue weighted by atomic mass is 9.84. The molecule has 0 saturated heterocycles. The van der Waals surface area contributed by atoms with Crippen molar-refractivity contribution in [3.63, 3.8) is 0 Å². The van der Waals surface area contributed by atoms with Gasteiger partial charge in [0, 0.05) is 6.04 Å². The van der Waals surface area contributed by atoms with Crippen LogP contribution in [0.15, 0.2) is 48.5 Å². The topological polar surface area (TPSA) is 12.0 Å². The molecule has 0 aliphatic heterocycles. The van der Waals surface area contributed by atoms with E-state index in [0.29, 0.717) is 12.0 Å². The molecule has 2 aromatic rings. The molecule has 0 spiro atoms. The zero-order valence-electron chi connectivity index (χ0n) is 13.7. The van der Waals surface area contributed by atoms with E-state index in [4.69, 9.17) is 0 Å². The molecule has 0 bridgehead atoms. The number of benzene rings is 2. The maximum absolute atomic E-state index is 3.55. The standard InChI is InChI=1S/C20H27N/c1-5-18(17-12-7-6-8-13-17)20(21-4)14-19-15(2)10-9-11-16(19)3/h6-13,18,20-21H,5,14H2,1-4H3. The van der Waals surface area contributed by atoms with Crippen LogP contribution in [0.2, 0.25) is 0 Å². The molecule has 1 N–H and O–H groups in total. The first-order chi connectivity index (χ1) is 10.2. The minimum absolute atomic E-state index is 0.470. The second kappa shape index (κ2) is 7.42. The van der Waals surface area contributed by atoms with Gasteiger partial charge in [0.25, 0.3) is 0 Å². The molecule has 2 rings (SSSR count). The summed E-state index contributed by atoms with van der Waals surface area (Å²) in [6.45, 7) is 6.73. The zero-order chi connectivity index (χ0) is 15.2. The van der Waals surface area contributed by atoms with E-state index in [1.54, 1.807) is 0 Å². The number of nitrogens with one attached hydrogen (secondary N) is 1. The van der Waals surface area contributed by atoms with Crippen LogP contribution in [-0.2, 0) is 6.42 Å². The molecule has 112 valence electrons. The van der Waals surface area contributed by atoms with Crippen molar-refractivity contribution in [3.05, 3.63) is 70.8 Å². The van der Waals surface area contributed by atoms with Crippen LogP contribution in [-0.4, -0.2) is 13.1 Å². The van der Waals surface area contributed by atoms with Crippen molar-refractivity contribution in [2.24, 2.45) is 0 Å². The third kappa shape index (κ3) is 3.74. The molecular weight excluding hydrogens is 254 g/mol. The summed E-state index contributed by atoms with van der Waals surface area (Å²) in [7, 11) is 2.09. The molecule has 2 atom stereocenters. The Labute approximate surface area is 129 Å². The van der Waals surface area contributed by atoms with E-state index in [1.165, 1.54) is 22.3 Å². The van der Waals surface area contributed by atoms with Gasteiger partial charge in [0.1, 0.15) is 0 Å². The summed E-state index contributed by atoms with van der Waals surface area (Å²) < 4.78 is 0. The highest BCUT2D eigenvalue weighted by molar-refractivity contribution is 5.35. The van der Waals surface area contributed by atoms with Crippen molar-refractivity contribution < 1.29 is 0 Å². The third-order valence-corrected chi connectivity index (χ3v) is 4.59. The molecule has 0 aliphatic carbocycles. The van der Waals surface area contributed by atoms with Gasteiger partial charge in [-0.25, -0.2) is 0 Å². The summed E-state index contributed by atoms with van der Waals surface area (Å²) in [5.41, 5.74) is 5.73. The van der Waals surface area contributed by atoms with Gasteiger partial charge in [0.2, 0.25) is 0 Å². The molecule has 0 aliphatic rings. The monoisotopic (exact) mass is 281 g/mol. The third-order valence-electron chi connectivity index (χ3n) is 4.59. The highest BCUT2D eigenvalue weighted by Gasteiger charge is 2.21. The maximum Gasteiger partial charge on any atom is 0.0173 e. The van der Waals surface area contributed by atoms with Gasteiger partial charge in [0.05, 0.1) is 0 Å². The first-order valence-electron chi connectivity index (χ1n) is 7.94. The lowest BCUT2D eigenvalue weighted by molar-refractivity contribution is 0.447. The average molecular weight is 281 g/mol. The van der Waals surface area contributed by atoms with Crippen molar-refractivity contribution in [1.82, 2.24) is 5.32 Å². The van der Waals surface area contributed by atoms with Gasteiger partial charge >= 0.3 is 0 Å². The molecule has 0 radical (unpaired) electrons. The van der Waals surface area contributed by atoms with Crippen molar-refractivity contribution >= 4 is 0 Å². The van der Waals surface area contributed by atoms with Crippen molar-refractivity contribution in [2.45, 2.75) is 45.6 Å². The summed E-state index contributed by atoms with van der Waals surface area (Å²) in [5, 5.41) is 3.55. The number of rotatable bonds is 6. The van der Waals surface area contributed by atoms with E-state index < -0.39 is 0 Å². The fourth-order valence-electron chi connectivity index (χ4n) is 3.29. The lowest BCUT2D eigenvalue weighted by Gasteiger charge is -2.28. The Hall–Kier alpha value is -1.60. The van der Waals surface area contributed by atoms with Gasteiger partial charge in [-0.1, -0.05) is 55.5 Å². The lowest BCUT2D eigenvalue weighted by Crippen LogP contribution is -2.34. The van der Waals surface area contributed by atoms with Crippen LogP contribution in [0.4, 0.5) is 0 Å². The highest BCUT2D eigenvalue weighted by Crippen LogP contribution is 2.27. The van der Waals surface area contributed by atoms with Crippen molar-refractivity contribution in [1.29, 1.82) is 0 Å². The van der Waals surface area contributed by atoms with Crippen LogP contribution in [0, 0.1) is 13.8 Å². The quantitative estimate of drug-likeness (QED) is 0.814. The Morgan fingerprint density at radius 2 is 1.52 bits per heavy atom. The second-order valence-electron chi connectivity index (χ2n) is 5.90. The molecule has 1 heteroatoms. The Kier molecular flexibility index (Phi) is 5.58. The van der Waals surface area contributed by atoms with Gasteiger partial charge in [-0.3, -0.25) is 0 Å². The molecule has 21 heavy (non-hydrogen) atoms. The van der Waals surface area contributed by atoms with Gasteiger partial charge in [0.15, 0.2) is 0 Å². The zero-order valence-corrected chi connectivity index (χ0v) is 13.7. The Morgan fingerprint density at radius 3 is 2.05 bits per heavy atom.